The SMILES string of the molecule is O=CCCCC1CC(=O)O1. The van der Waals surface area contributed by atoms with Crippen molar-refractivity contribution in [3.63, 3.8) is 0 Å². The summed E-state index contributed by atoms with van der Waals surface area (Å²) in [4.78, 5) is 20.1. The van der Waals surface area contributed by atoms with Gasteiger partial charge in [-0.25, -0.2) is 0 Å². The lowest BCUT2D eigenvalue weighted by molar-refractivity contribution is -0.169. The molecule has 56 valence electrons. The summed E-state index contributed by atoms with van der Waals surface area (Å²) < 4.78 is 4.73. The number of carbonyl (C=O) groups is 2. The second-order valence-electron chi connectivity index (χ2n) is 2.41. The van der Waals surface area contributed by atoms with Crippen LogP contribution in [0.15, 0.2) is 0 Å². The summed E-state index contributed by atoms with van der Waals surface area (Å²) >= 11 is 0. The molecule has 0 aromatic rings. The molecule has 1 saturated heterocycles. The summed E-state index contributed by atoms with van der Waals surface area (Å²) in [5, 5.41) is 0. The molecular weight excluding hydrogens is 132 g/mol. The second kappa shape index (κ2) is 3.34. The zero-order valence-electron chi connectivity index (χ0n) is 5.71. The van der Waals surface area contributed by atoms with E-state index in [-0.39, 0.29) is 12.1 Å². The minimum Gasteiger partial charge on any atom is -0.462 e. The first-order valence-electron chi connectivity index (χ1n) is 3.46. The van der Waals surface area contributed by atoms with Gasteiger partial charge in [0, 0.05) is 6.42 Å². The van der Waals surface area contributed by atoms with Gasteiger partial charge in [-0.3, -0.25) is 4.79 Å². The van der Waals surface area contributed by atoms with Crippen molar-refractivity contribution in [2.45, 2.75) is 31.8 Å². The first-order valence-corrected chi connectivity index (χ1v) is 3.46. The number of ether oxygens (including phenoxy) is 1. The number of aldehydes is 1. The van der Waals surface area contributed by atoms with E-state index in [0.29, 0.717) is 12.8 Å². The highest BCUT2D eigenvalue weighted by Crippen LogP contribution is 2.18. The summed E-state index contributed by atoms with van der Waals surface area (Å²) in [6.45, 7) is 0. The standard InChI is InChI=1S/C7H10O3/c8-4-2-1-3-6-5-7(9)10-6/h4,6H,1-3,5H2. The Balaban J connectivity index is 1.95. The minimum atomic E-state index is -0.115. The first kappa shape index (κ1) is 7.25. The molecule has 1 unspecified atom stereocenters. The van der Waals surface area contributed by atoms with Crippen LogP contribution in [0, 0.1) is 0 Å². The van der Waals surface area contributed by atoms with E-state index in [2.05, 4.69) is 0 Å². The molecule has 0 spiro atoms. The lowest BCUT2D eigenvalue weighted by Gasteiger charge is -2.24. The van der Waals surface area contributed by atoms with Gasteiger partial charge in [0.2, 0.25) is 0 Å². The van der Waals surface area contributed by atoms with E-state index in [1.165, 1.54) is 0 Å². The Bertz CT molecular complexity index is 134. The van der Waals surface area contributed by atoms with Crippen molar-refractivity contribution in [3.05, 3.63) is 0 Å². The smallest absolute Gasteiger partial charge is 0.309 e. The highest BCUT2D eigenvalue weighted by atomic mass is 16.6. The van der Waals surface area contributed by atoms with Crippen LogP contribution in [0.2, 0.25) is 0 Å². The van der Waals surface area contributed by atoms with E-state index in [0.717, 1.165) is 19.1 Å². The number of carbonyl (C=O) groups excluding carboxylic acids is 2. The molecule has 3 nitrogen and oxygen atoms in total. The number of hydrogen-bond acceptors (Lipinski definition) is 3. The van der Waals surface area contributed by atoms with Crippen molar-refractivity contribution in [2.24, 2.45) is 0 Å². The number of unbranched alkanes of at least 4 members (excludes halogenated alkanes) is 1. The Hall–Kier alpha value is -0.860. The number of esters is 1. The number of cyclic esters (lactones) is 1. The summed E-state index contributed by atoms with van der Waals surface area (Å²) in [5.41, 5.74) is 0. The van der Waals surface area contributed by atoms with E-state index in [9.17, 15) is 9.59 Å². The Labute approximate surface area is 59.4 Å². The van der Waals surface area contributed by atoms with Gasteiger partial charge in [0.25, 0.3) is 0 Å². The second-order valence-corrected chi connectivity index (χ2v) is 2.41. The van der Waals surface area contributed by atoms with E-state index in [4.69, 9.17) is 4.74 Å². The van der Waals surface area contributed by atoms with Crippen LogP contribution in [-0.4, -0.2) is 18.4 Å². The lowest BCUT2D eigenvalue weighted by Crippen LogP contribution is -2.32. The van der Waals surface area contributed by atoms with Gasteiger partial charge in [-0.1, -0.05) is 0 Å². The minimum absolute atomic E-state index is 0.104. The highest BCUT2D eigenvalue weighted by Gasteiger charge is 2.27. The van der Waals surface area contributed by atoms with Gasteiger partial charge in [0.05, 0.1) is 6.42 Å². The maximum atomic E-state index is 10.3. The molecule has 1 heterocycles. The molecule has 0 saturated carbocycles. The number of rotatable bonds is 4. The van der Waals surface area contributed by atoms with E-state index < -0.39 is 0 Å². The van der Waals surface area contributed by atoms with E-state index in [1.807, 2.05) is 0 Å². The molecule has 1 rings (SSSR count). The quantitative estimate of drug-likeness (QED) is 0.329. The molecule has 3 heteroatoms. The average molecular weight is 142 g/mol. The van der Waals surface area contributed by atoms with Crippen molar-refractivity contribution in [3.8, 4) is 0 Å². The van der Waals surface area contributed by atoms with Crippen LogP contribution in [0.4, 0.5) is 0 Å². The van der Waals surface area contributed by atoms with Gasteiger partial charge < -0.3 is 9.53 Å². The molecule has 0 aromatic carbocycles. The molecule has 10 heavy (non-hydrogen) atoms. The molecule has 1 fully saturated rings. The van der Waals surface area contributed by atoms with Crippen LogP contribution < -0.4 is 0 Å². The third kappa shape index (κ3) is 1.83. The molecule has 0 aliphatic carbocycles. The Morgan fingerprint density at radius 3 is 2.90 bits per heavy atom. The van der Waals surface area contributed by atoms with Crippen LogP contribution in [-0.2, 0) is 14.3 Å². The fourth-order valence-corrected chi connectivity index (χ4v) is 0.952. The van der Waals surface area contributed by atoms with Crippen molar-refractivity contribution >= 4 is 12.3 Å². The molecule has 0 radical (unpaired) electrons. The molecular formula is C7H10O3. The van der Waals surface area contributed by atoms with Crippen LogP contribution >= 0.6 is 0 Å². The maximum absolute atomic E-state index is 10.3. The Kier molecular flexibility index (Phi) is 2.42. The van der Waals surface area contributed by atoms with Crippen LogP contribution in [0.3, 0.4) is 0 Å². The molecule has 0 amide bonds. The molecule has 0 bridgehead atoms. The predicted molar refractivity (Wildman–Crippen MR) is 34.4 cm³/mol. The zero-order chi connectivity index (χ0) is 7.40. The Morgan fingerprint density at radius 1 is 1.70 bits per heavy atom. The number of hydrogen-bond donors (Lipinski definition) is 0. The van der Waals surface area contributed by atoms with Gasteiger partial charge in [0.1, 0.15) is 12.4 Å². The summed E-state index contributed by atoms with van der Waals surface area (Å²) in [7, 11) is 0. The summed E-state index contributed by atoms with van der Waals surface area (Å²) in [5.74, 6) is -0.115. The van der Waals surface area contributed by atoms with Crippen LogP contribution in [0.1, 0.15) is 25.7 Å². The third-order valence-electron chi connectivity index (χ3n) is 1.54. The first-order chi connectivity index (χ1) is 4.83. The molecule has 1 aliphatic heterocycles. The molecule has 1 aliphatic rings. The summed E-state index contributed by atoms with van der Waals surface area (Å²) in [6.07, 6.45) is 3.78. The fourth-order valence-electron chi connectivity index (χ4n) is 0.952. The third-order valence-corrected chi connectivity index (χ3v) is 1.54. The van der Waals surface area contributed by atoms with Crippen molar-refractivity contribution in [2.75, 3.05) is 0 Å². The van der Waals surface area contributed by atoms with Crippen molar-refractivity contribution in [1.29, 1.82) is 0 Å². The maximum Gasteiger partial charge on any atom is 0.309 e. The Morgan fingerprint density at radius 2 is 2.40 bits per heavy atom. The van der Waals surface area contributed by atoms with Crippen LogP contribution in [0.5, 0.6) is 0 Å². The fraction of sp³-hybridized carbons (Fsp3) is 0.714. The average Bonchev–Trinajstić information content (AvgIpc) is 1.85. The summed E-state index contributed by atoms with van der Waals surface area (Å²) in [6, 6.07) is 0. The molecule has 0 N–H and O–H groups in total. The van der Waals surface area contributed by atoms with Gasteiger partial charge in [-0.15, -0.1) is 0 Å². The van der Waals surface area contributed by atoms with Gasteiger partial charge in [0.15, 0.2) is 0 Å². The van der Waals surface area contributed by atoms with Crippen molar-refractivity contribution < 1.29 is 14.3 Å². The van der Waals surface area contributed by atoms with Gasteiger partial charge in [-0.2, -0.15) is 0 Å². The lowest BCUT2D eigenvalue weighted by atomic mass is 10.1. The predicted octanol–water partition coefficient (Wildman–Crippen LogP) is 0.671. The highest BCUT2D eigenvalue weighted by molar-refractivity contribution is 5.75. The van der Waals surface area contributed by atoms with E-state index in [1.54, 1.807) is 0 Å². The molecule has 0 aromatic heterocycles. The van der Waals surface area contributed by atoms with Crippen LogP contribution in [0.25, 0.3) is 0 Å². The zero-order valence-corrected chi connectivity index (χ0v) is 5.71. The molecule has 1 atom stereocenters. The van der Waals surface area contributed by atoms with Gasteiger partial charge >= 0.3 is 5.97 Å². The topological polar surface area (TPSA) is 43.4 Å². The normalized spacial score (nSPS) is 23.2. The monoisotopic (exact) mass is 142 g/mol. The van der Waals surface area contributed by atoms with Gasteiger partial charge in [-0.05, 0) is 12.8 Å². The van der Waals surface area contributed by atoms with E-state index >= 15 is 0 Å². The largest absolute Gasteiger partial charge is 0.462 e. The van der Waals surface area contributed by atoms with Crippen molar-refractivity contribution in [1.82, 2.24) is 0 Å².